The van der Waals surface area contributed by atoms with Crippen LogP contribution in [0.3, 0.4) is 0 Å². The molecule has 4 fully saturated rings. The number of ether oxygens (including phenoxy) is 2. The van der Waals surface area contributed by atoms with Gasteiger partial charge in [0.05, 0.1) is 31.5 Å². The maximum atomic E-state index is 10.5. The minimum Gasteiger partial charge on any atom is -0.465 e. The molecule has 0 amide bonds. The van der Waals surface area contributed by atoms with Crippen molar-refractivity contribution in [2.75, 3.05) is 26.4 Å². The Balaban J connectivity index is 0. The zero-order chi connectivity index (χ0) is 33.8. The van der Waals surface area contributed by atoms with Crippen molar-refractivity contribution in [2.24, 2.45) is 71.0 Å². The largest absolute Gasteiger partial charge is 0.465 e. The fraction of sp³-hybridized carbons (Fsp3) is 0.914. The Labute approximate surface area is 376 Å². The second kappa shape index (κ2) is 24.6. The summed E-state index contributed by atoms with van der Waals surface area (Å²) in [5, 5.41) is 39.4. The van der Waals surface area contributed by atoms with E-state index in [-0.39, 0.29) is 181 Å². The summed E-state index contributed by atoms with van der Waals surface area (Å²) in [7, 11) is -3.20. The van der Waals surface area contributed by atoms with Gasteiger partial charge in [-0.2, -0.15) is 0 Å². The quantitative estimate of drug-likeness (QED) is 0.130. The van der Waals surface area contributed by atoms with Crippen molar-refractivity contribution < 1.29 is 151 Å². The molecule has 49 heavy (non-hydrogen) atoms. The molecule has 5 N–H and O–H groups in total. The standard InChI is InChI=1S/C18H32O4.C17H33O5P.2W.2Y/c1-10-7-16(17(20)12(10)3)9-21-14(5)22-18-13(4)11(2)6-15(18)8-19;1-10-7-15(16(19)12(10)3)9-21-23(5,20)22-17-13(4)11(2)6-14(17)8-18;;;;/h10-13,15-20H,5-9H2,1-4H3;10-20H,5-9H2,1-4H3;;;;. The van der Waals surface area contributed by atoms with Crippen molar-refractivity contribution in [1.29, 1.82) is 0 Å². The van der Waals surface area contributed by atoms with Gasteiger partial charge in [0.1, 0.15) is 6.10 Å². The van der Waals surface area contributed by atoms with Crippen LogP contribution in [0.15, 0.2) is 12.5 Å². The molecule has 4 rings (SSSR count). The zero-order valence-corrected chi connectivity index (χ0v) is 43.5. The summed E-state index contributed by atoms with van der Waals surface area (Å²) in [6.07, 6.45) is 6.51. The Morgan fingerprint density at radius 3 is 1.41 bits per heavy atom. The first-order chi connectivity index (χ1) is 21.0. The van der Waals surface area contributed by atoms with E-state index in [1.807, 2.05) is 6.92 Å². The number of rotatable bonds is 12. The molecule has 4 aliphatic rings. The van der Waals surface area contributed by atoms with Crippen molar-refractivity contribution >= 4 is 13.9 Å². The van der Waals surface area contributed by atoms with E-state index in [0.29, 0.717) is 48.1 Å². The summed E-state index contributed by atoms with van der Waals surface area (Å²) >= 11 is 0. The molecule has 0 aromatic heterocycles. The summed E-state index contributed by atoms with van der Waals surface area (Å²) in [4.78, 5) is 10.5. The van der Waals surface area contributed by atoms with Gasteiger partial charge >= 0.3 is 0 Å². The second-order valence-electron chi connectivity index (χ2n) is 15.4. The van der Waals surface area contributed by atoms with E-state index in [1.54, 1.807) is 0 Å². The first-order valence-corrected chi connectivity index (χ1v) is 19.1. The molecule has 0 aliphatic heterocycles. The van der Waals surface area contributed by atoms with Crippen LogP contribution in [-0.4, -0.2) is 82.5 Å². The number of hydrogen-bond donors (Lipinski definition) is 5. The minimum absolute atomic E-state index is 0. The van der Waals surface area contributed by atoms with E-state index in [1.165, 1.54) is 0 Å². The molecule has 282 valence electrons. The summed E-state index contributed by atoms with van der Waals surface area (Å²) in [5.74, 6) is 3.81. The van der Waals surface area contributed by atoms with Gasteiger partial charge in [0.15, 0.2) is 0 Å². The molecule has 17 unspecified atom stereocenters. The number of aliphatic hydroxyl groups excluding tert-OH is 4. The third-order valence-corrected chi connectivity index (χ3v) is 13.4. The van der Waals surface area contributed by atoms with Gasteiger partial charge in [-0.3, -0.25) is 0 Å². The molecular weight excluding hydrogens is 1140 g/mol. The van der Waals surface area contributed by atoms with Crippen molar-refractivity contribution in [3.05, 3.63) is 12.5 Å². The van der Waals surface area contributed by atoms with Gasteiger partial charge in [-0.15, -0.1) is 0 Å². The van der Waals surface area contributed by atoms with Crippen molar-refractivity contribution in [3.63, 3.8) is 0 Å². The molecule has 17 atom stereocenters. The van der Waals surface area contributed by atoms with E-state index >= 15 is 0 Å². The van der Waals surface area contributed by atoms with Crippen molar-refractivity contribution in [1.82, 2.24) is 0 Å². The van der Waals surface area contributed by atoms with Crippen LogP contribution in [0.2, 0.25) is 0 Å². The van der Waals surface area contributed by atoms with Gasteiger partial charge in [-0.05, 0) is 85.9 Å². The van der Waals surface area contributed by atoms with E-state index in [4.69, 9.17) is 18.5 Å². The molecule has 0 aromatic rings. The summed E-state index contributed by atoms with van der Waals surface area (Å²) in [5.41, 5.74) is 0. The van der Waals surface area contributed by atoms with Gasteiger partial charge in [0.2, 0.25) is 7.57 Å². The van der Waals surface area contributed by atoms with Crippen molar-refractivity contribution in [3.8, 4) is 0 Å². The van der Waals surface area contributed by atoms with Gasteiger partial charge in [0, 0.05) is 144 Å². The first-order valence-electron chi connectivity index (χ1n) is 17.4. The first kappa shape index (κ1) is 54.0. The number of aliphatic hydroxyl groups is 4. The normalized spacial score (nSPS) is 42.2. The van der Waals surface area contributed by atoms with Gasteiger partial charge in [-0.25, -0.2) is 0 Å². The topological polar surface area (TPSA) is 138 Å². The van der Waals surface area contributed by atoms with Crippen LogP contribution >= 0.6 is 7.57 Å². The number of hydrogen-bond acceptors (Lipinski definition) is 9. The third kappa shape index (κ3) is 14.8. The molecule has 14 heteroatoms. The Morgan fingerprint density at radius 2 is 1.00 bits per heavy atom. The van der Waals surface area contributed by atoms with Crippen LogP contribution in [0.1, 0.15) is 81.1 Å². The maximum Gasteiger partial charge on any atom is 0.271 e. The van der Waals surface area contributed by atoms with E-state index in [2.05, 4.69) is 61.3 Å². The van der Waals surface area contributed by atoms with E-state index in [0.717, 1.165) is 25.7 Å². The molecule has 9 nitrogen and oxygen atoms in total. The van der Waals surface area contributed by atoms with Crippen LogP contribution < -0.4 is 0 Å². The Hall–Kier alpha value is 2.94. The van der Waals surface area contributed by atoms with Gasteiger partial charge in [-0.1, -0.05) is 55.4 Å². The Morgan fingerprint density at radius 1 is 0.633 bits per heavy atom. The van der Waals surface area contributed by atoms with Crippen molar-refractivity contribution in [2.45, 2.75) is 105 Å². The molecule has 2 radical (unpaired) electrons. The Kier molecular flexibility index (Phi) is 27.1. The van der Waals surface area contributed by atoms with Gasteiger partial charge in [0.25, 0.3) is 5.95 Å². The predicted octanol–water partition coefficient (Wildman–Crippen LogP) is 5.30. The fourth-order valence-corrected chi connectivity index (χ4v) is 9.48. The minimum atomic E-state index is -3.20. The van der Waals surface area contributed by atoms with Crippen LogP contribution in [-0.2, 0) is 126 Å². The van der Waals surface area contributed by atoms with Crippen LogP contribution in [0.4, 0.5) is 0 Å². The van der Waals surface area contributed by atoms with Gasteiger partial charge < -0.3 is 43.8 Å². The average Bonchev–Trinajstić information content (AvgIpc) is 3.61. The Bertz CT molecular complexity index is 1000. The van der Waals surface area contributed by atoms with Crippen LogP contribution in [0.25, 0.3) is 0 Å². The second-order valence-corrected chi connectivity index (χ2v) is 17.2. The molecule has 0 bridgehead atoms. The zero-order valence-electron chi connectivity index (χ0n) is 31.1. The maximum absolute atomic E-state index is 10.5. The van der Waals surface area contributed by atoms with E-state index in [9.17, 15) is 25.3 Å². The predicted molar refractivity (Wildman–Crippen MR) is 179 cm³/mol. The summed E-state index contributed by atoms with van der Waals surface area (Å²) in [6, 6.07) is 0. The summed E-state index contributed by atoms with van der Waals surface area (Å²) in [6.45, 7) is 21.8. The molecule has 4 aliphatic carbocycles. The van der Waals surface area contributed by atoms with E-state index < -0.39 is 13.7 Å². The molecule has 0 aromatic carbocycles. The summed E-state index contributed by atoms with van der Waals surface area (Å²) < 4.78 is 23.0. The smallest absolute Gasteiger partial charge is 0.271 e. The molecule has 0 heterocycles. The third-order valence-electron chi connectivity index (χ3n) is 12.3. The molecule has 0 saturated heterocycles. The SMILES string of the molecule is C=C(OCC1CC(C)C(C)C1O)OC1C(CO)CC(C)C1C.C=P(O)(OCC1CC(C)C(C)C1O)OC1C(CO)CC(C)C1C.[W].[W].[Y].[Y]. The monoisotopic (exact) mass is 1210 g/mol. The molecule has 0 spiro atoms. The van der Waals surface area contributed by atoms with Crippen LogP contribution in [0.5, 0.6) is 0 Å². The molecular formula is C35H65O9PW2Y2. The average molecular weight is 1210 g/mol. The molecule has 4 saturated carbocycles. The van der Waals surface area contributed by atoms with Crippen LogP contribution in [0, 0.1) is 71.0 Å². The fourth-order valence-electron chi connectivity index (χ4n) is 8.25.